The van der Waals surface area contributed by atoms with E-state index in [1.165, 1.54) is 5.56 Å². The zero-order valence-electron chi connectivity index (χ0n) is 14.6. The molecule has 0 bridgehead atoms. The van der Waals surface area contributed by atoms with Gasteiger partial charge in [0.1, 0.15) is 5.75 Å². The van der Waals surface area contributed by atoms with Gasteiger partial charge in [-0.05, 0) is 43.7 Å². The summed E-state index contributed by atoms with van der Waals surface area (Å²) in [6.07, 6.45) is 2.14. The highest BCUT2D eigenvalue weighted by atomic mass is 16.5. The highest BCUT2D eigenvalue weighted by Gasteiger charge is 2.23. The van der Waals surface area contributed by atoms with Crippen molar-refractivity contribution >= 4 is 11.6 Å². The molecule has 0 aromatic heterocycles. The van der Waals surface area contributed by atoms with Crippen molar-refractivity contribution in [3.8, 4) is 5.75 Å². The Morgan fingerprint density at radius 3 is 3.08 bits per heavy atom. The summed E-state index contributed by atoms with van der Waals surface area (Å²) in [5, 5.41) is 3.26. The van der Waals surface area contributed by atoms with Crippen LogP contribution in [0.1, 0.15) is 12.0 Å². The molecule has 1 N–H and O–H groups in total. The fourth-order valence-corrected chi connectivity index (χ4v) is 3.39. The zero-order chi connectivity index (χ0) is 16.9. The first-order valence-corrected chi connectivity index (χ1v) is 8.65. The minimum Gasteiger partial charge on any atom is -0.497 e. The van der Waals surface area contributed by atoms with Crippen LogP contribution in [0.5, 0.6) is 5.75 Å². The zero-order valence-corrected chi connectivity index (χ0v) is 14.6. The molecule has 1 atom stereocenters. The van der Waals surface area contributed by atoms with Gasteiger partial charge < -0.3 is 24.6 Å². The Bertz CT molecular complexity index is 579. The molecule has 1 saturated heterocycles. The minimum absolute atomic E-state index is 0.116. The molecule has 0 radical (unpaired) electrons. The van der Waals surface area contributed by atoms with Crippen LogP contribution in [0.15, 0.2) is 18.2 Å². The maximum absolute atomic E-state index is 12.6. The number of carbonyl (C=O) groups is 1. The Labute approximate surface area is 143 Å². The maximum atomic E-state index is 12.6. The van der Waals surface area contributed by atoms with Crippen LogP contribution in [0, 0.1) is 0 Å². The van der Waals surface area contributed by atoms with Crippen LogP contribution in [0.4, 0.5) is 5.69 Å². The topological polar surface area (TPSA) is 54.0 Å². The normalized spacial score (nSPS) is 21.4. The molecule has 6 nitrogen and oxygen atoms in total. The molecular weight excluding hydrogens is 306 g/mol. The van der Waals surface area contributed by atoms with Gasteiger partial charge in [-0.2, -0.15) is 0 Å². The fourth-order valence-electron chi connectivity index (χ4n) is 3.39. The number of anilines is 1. The van der Waals surface area contributed by atoms with E-state index < -0.39 is 0 Å². The van der Waals surface area contributed by atoms with E-state index >= 15 is 0 Å². The predicted octanol–water partition coefficient (Wildman–Crippen LogP) is 0.895. The molecule has 1 amide bonds. The standard InChI is InChI=1S/C18H27N3O3/c1-20-8-9-24-16(13-20)11-19-12-18(22)21-7-3-4-14-10-15(23-2)5-6-17(14)21/h5-6,10,16,19H,3-4,7-9,11-13H2,1-2H3/t16-/m0/s1. The van der Waals surface area contributed by atoms with Gasteiger partial charge in [-0.15, -0.1) is 0 Å². The Morgan fingerprint density at radius 2 is 2.29 bits per heavy atom. The smallest absolute Gasteiger partial charge is 0.240 e. The first-order chi connectivity index (χ1) is 11.7. The summed E-state index contributed by atoms with van der Waals surface area (Å²) < 4.78 is 11.0. The molecule has 0 spiro atoms. The lowest BCUT2D eigenvalue weighted by molar-refractivity contribution is -0.118. The van der Waals surface area contributed by atoms with E-state index in [0.717, 1.165) is 50.5 Å². The lowest BCUT2D eigenvalue weighted by atomic mass is 10.0. The highest BCUT2D eigenvalue weighted by Crippen LogP contribution is 2.30. The second-order valence-electron chi connectivity index (χ2n) is 6.53. The molecule has 2 aliphatic heterocycles. The summed E-state index contributed by atoms with van der Waals surface area (Å²) in [4.78, 5) is 16.7. The second-order valence-corrected chi connectivity index (χ2v) is 6.53. The Kier molecular flexibility index (Phi) is 5.71. The number of aryl methyl sites for hydroxylation is 1. The Balaban J connectivity index is 1.54. The molecule has 2 heterocycles. The number of methoxy groups -OCH3 is 1. The average Bonchev–Trinajstić information content (AvgIpc) is 2.60. The summed E-state index contributed by atoms with van der Waals surface area (Å²) in [5.41, 5.74) is 2.20. The number of amides is 1. The summed E-state index contributed by atoms with van der Waals surface area (Å²) in [6, 6.07) is 5.95. The van der Waals surface area contributed by atoms with Crippen molar-refractivity contribution < 1.29 is 14.3 Å². The van der Waals surface area contributed by atoms with Crippen LogP contribution >= 0.6 is 0 Å². The molecule has 0 aliphatic carbocycles. The molecule has 1 aromatic rings. The molecular formula is C18H27N3O3. The number of fused-ring (bicyclic) bond motifs is 1. The molecule has 0 unspecified atom stereocenters. The molecule has 24 heavy (non-hydrogen) atoms. The van der Waals surface area contributed by atoms with Crippen LogP contribution in [0.25, 0.3) is 0 Å². The van der Waals surface area contributed by atoms with Gasteiger partial charge in [0, 0.05) is 31.9 Å². The summed E-state index contributed by atoms with van der Waals surface area (Å²) in [6.45, 7) is 4.48. The van der Waals surface area contributed by atoms with Crippen LogP contribution in [-0.4, -0.2) is 70.4 Å². The number of nitrogens with one attached hydrogen (secondary N) is 1. The van der Waals surface area contributed by atoms with Crippen molar-refractivity contribution in [3.05, 3.63) is 23.8 Å². The largest absolute Gasteiger partial charge is 0.497 e. The lowest BCUT2D eigenvalue weighted by Crippen LogP contribution is -2.47. The highest BCUT2D eigenvalue weighted by molar-refractivity contribution is 5.96. The van der Waals surface area contributed by atoms with E-state index in [1.54, 1.807) is 7.11 Å². The van der Waals surface area contributed by atoms with E-state index in [9.17, 15) is 4.79 Å². The second kappa shape index (κ2) is 7.96. The number of benzene rings is 1. The predicted molar refractivity (Wildman–Crippen MR) is 93.8 cm³/mol. The van der Waals surface area contributed by atoms with E-state index in [1.807, 2.05) is 23.1 Å². The van der Waals surface area contributed by atoms with Crippen molar-refractivity contribution in [2.75, 3.05) is 58.4 Å². The first kappa shape index (κ1) is 17.2. The third-order valence-corrected chi connectivity index (χ3v) is 4.70. The molecule has 1 aromatic carbocycles. The number of carbonyl (C=O) groups excluding carboxylic acids is 1. The number of morpholine rings is 1. The average molecular weight is 333 g/mol. The van der Waals surface area contributed by atoms with Crippen molar-refractivity contribution in [1.29, 1.82) is 0 Å². The monoisotopic (exact) mass is 333 g/mol. The number of hydrogen-bond donors (Lipinski definition) is 1. The quantitative estimate of drug-likeness (QED) is 0.867. The Morgan fingerprint density at radius 1 is 1.42 bits per heavy atom. The summed E-state index contributed by atoms with van der Waals surface area (Å²) >= 11 is 0. The van der Waals surface area contributed by atoms with Crippen LogP contribution < -0.4 is 15.0 Å². The molecule has 2 aliphatic rings. The van der Waals surface area contributed by atoms with E-state index in [2.05, 4.69) is 17.3 Å². The molecule has 132 valence electrons. The number of likely N-dealkylation sites (N-methyl/N-ethyl adjacent to an activating group) is 1. The van der Waals surface area contributed by atoms with Crippen molar-refractivity contribution in [2.45, 2.75) is 18.9 Å². The molecule has 6 heteroatoms. The summed E-state index contributed by atoms with van der Waals surface area (Å²) in [5.74, 6) is 0.963. The number of hydrogen-bond acceptors (Lipinski definition) is 5. The molecule has 1 fully saturated rings. The SMILES string of the molecule is COc1ccc2c(c1)CCCN2C(=O)CNC[C@H]1CN(C)CCO1. The van der Waals surface area contributed by atoms with Gasteiger partial charge in [0.15, 0.2) is 0 Å². The molecule has 3 rings (SSSR count). The number of nitrogens with zero attached hydrogens (tertiary/aromatic N) is 2. The maximum Gasteiger partial charge on any atom is 0.240 e. The van der Waals surface area contributed by atoms with Gasteiger partial charge in [-0.3, -0.25) is 4.79 Å². The van der Waals surface area contributed by atoms with Gasteiger partial charge in [-0.25, -0.2) is 0 Å². The molecule has 0 saturated carbocycles. The van der Waals surface area contributed by atoms with Crippen molar-refractivity contribution in [1.82, 2.24) is 10.2 Å². The van der Waals surface area contributed by atoms with Crippen LogP contribution in [0.3, 0.4) is 0 Å². The van der Waals surface area contributed by atoms with Gasteiger partial charge in [0.05, 0.1) is 26.4 Å². The van der Waals surface area contributed by atoms with E-state index in [0.29, 0.717) is 13.1 Å². The van der Waals surface area contributed by atoms with Gasteiger partial charge in [0.25, 0.3) is 0 Å². The third-order valence-electron chi connectivity index (χ3n) is 4.70. The number of ether oxygens (including phenoxy) is 2. The fraction of sp³-hybridized carbons (Fsp3) is 0.611. The minimum atomic E-state index is 0.116. The summed E-state index contributed by atoms with van der Waals surface area (Å²) in [7, 11) is 3.77. The van der Waals surface area contributed by atoms with Gasteiger partial charge in [-0.1, -0.05) is 0 Å². The van der Waals surface area contributed by atoms with Gasteiger partial charge >= 0.3 is 0 Å². The van der Waals surface area contributed by atoms with E-state index in [-0.39, 0.29) is 12.0 Å². The van der Waals surface area contributed by atoms with Crippen LogP contribution in [-0.2, 0) is 16.0 Å². The van der Waals surface area contributed by atoms with Crippen molar-refractivity contribution in [3.63, 3.8) is 0 Å². The van der Waals surface area contributed by atoms with Gasteiger partial charge in [0.2, 0.25) is 5.91 Å². The van der Waals surface area contributed by atoms with Crippen molar-refractivity contribution in [2.24, 2.45) is 0 Å². The first-order valence-electron chi connectivity index (χ1n) is 8.65. The van der Waals surface area contributed by atoms with Crippen LogP contribution in [0.2, 0.25) is 0 Å². The van der Waals surface area contributed by atoms with E-state index in [4.69, 9.17) is 9.47 Å². The Hall–Kier alpha value is -1.63. The number of rotatable bonds is 5. The third kappa shape index (κ3) is 4.06. The lowest BCUT2D eigenvalue weighted by Gasteiger charge is -2.31.